The summed E-state index contributed by atoms with van der Waals surface area (Å²) in [4.78, 5) is 0. The normalized spacial score (nSPS) is 11.9. The van der Waals surface area contributed by atoms with Gasteiger partial charge in [0.15, 0.2) is 0 Å². The number of anilines is 1. The molecular formula is C15H17NO3. The van der Waals surface area contributed by atoms with Gasteiger partial charge in [0.2, 0.25) is 0 Å². The monoisotopic (exact) mass is 259 g/mol. The van der Waals surface area contributed by atoms with Crippen LogP contribution in [0.3, 0.4) is 0 Å². The van der Waals surface area contributed by atoms with Gasteiger partial charge in [-0.3, -0.25) is 0 Å². The van der Waals surface area contributed by atoms with Crippen molar-refractivity contribution in [1.29, 1.82) is 0 Å². The standard InChI is InChI=1S/C15H17NO3/c1-10(15-13(17)7-4-8-14(15)18)16-11-5-3-6-12(9-11)19-2/h3-10,16-18H,1-2H3. The molecule has 4 heteroatoms. The van der Waals surface area contributed by atoms with E-state index in [0.29, 0.717) is 5.56 Å². The molecule has 1 atom stereocenters. The Labute approximate surface area is 112 Å². The van der Waals surface area contributed by atoms with E-state index in [9.17, 15) is 10.2 Å². The molecule has 0 aliphatic rings. The van der Waals surface area contributed by atoms with Crippen molar-refractivity contribution >= 4 is 5.69 Å². The maximum atomic E-state index is 9.82. The average Bonchev–Trinajstić information content (AvgIpc) is 2.38. The number of phenols is 2. The topological polar surface area (TPSA) is 61.7 Å². The Bertz CT molecular complexity index is 549. The maximum absolute atomic E-state index is 9.82. The molecule has 0 aliphatic carbocycles. The van der Waals surface area contributed by atoms with E-state index in [4.69, 9.17) is 4.74 Å². The van der Waals surface area contributed by atoms with Crippen LogP contribution in [-0.2, 0) is 0 Å². The third-order valence-electron chi connectivity index (χ3n) is 2.95. The predicted octanol–water partition coefficient (Wildman–Crippen LogP) is 3.28. The molecule has 0 fully saturated rings. The molecule has 0 aromatic heterocycles. The molecule has 100 valence electrons. The van der Waals surface area contributed by atoms with Crippen LogP contribution in [0.25, 0.3) is 0 Å². The fraction of sp³-hybridized carbons (Fsp3) is 0.200. The van der Waals surface area contributed by atoms with Gasteiger partial charge in [-0.1, -0.05) is 12.1 Å². The van der Waals surface area contributed by atoms with Crippen molar-refractivity contribution in [2.75, 3.05) is 12.4 Å². The summed E-state index contributed by atoms with van der Waals surface area (Å²) in [6.45, 7) is 1.87. The van der Waals surface area contributed by atoms with Crippen molar-refractivity contribution in [2.24, 2.45) is 0 Å². The van der Waals surface area contributed by atoms with E-state index in [2.05, 4.69) is 5.32 Å². The summed E-state index contributed by atoms with van der Waals surface area (Å²) in [7, 11) is 1.61. The van der Waals surface area contributed by atoms with E-state index in [-0.39, 0.29) is 17.5 Å². The zero-order valence-corrected chi connectivity index (χ0v) is 10.9. The smallest absolute Gasteiger partial charge is 0.124 e. The third kappa shape index (κ3) is 2.91. The van der Waals surface area contributed by atoms with E-state index < -0.39 is 0 Å². The minimum Gasteiger partial charge on any atom is -0.507 e. The highest BCUT2D eigenvalue weighted by Gasteiger charge is 2.14. The zero-order chi connectivity index (χ0) is 13.8. The van der Waals surface area contributed by atoms with Gasteiger partial charge in [-0.2, -0.15) is 0 Å². The molecule has 1 unspecified atom stereocenters. The Morgan fingerprint density at radius 3 is 2.32 bits per heavy atom. The summed E-state index contributed by atoms with van der Waals surface area (Å²) in [6.07, 6.45) is 0. The molecule has 0 bridgehead atoms. The SMILES string of the molecule is COc1cccc(NC(C)c2c(O)cccc2O)c1. The Balaban J connectivity index is 2.23. The highest BCUT2D eigenvalue weighted by molar-refractivity contribution is 5.53. The minimum absolute atomic E-state index is 0.0721. The molecule has 2 aromatic rings. The first kappa shape index (κ1) is 13.1. The van der Waals surface area contributed by atoms with Crippen molar-refractivity contribution < 1.29 is 14.9 Å². The second-order valence-electron chi connectivity index (χ2n) is 4.31. The van der Waals surface area contributed by atoms with Crippen LogP contribution in [0.5, 0.6) is 17.2 Å². The fourth-order valence-corrected chi connectivity index (χ4v) is 2.02. The molecule has 0 amide bonds. The second-order valence-corrected chi connectivity index (χ2v) is 4.31. The molecule has 2 aromatic carbocycles. The van der Waals surface area contributed by atoms with Crippen LogP contribution in [0.1, 0.15) is 18.5 Å². The third-order valence-corrected chi connectivity index (χ3v) is 2.95. The lowest BCUT2D eigenvalue weighted by atomic mass is 10.1. The highest BCUT2D eigenvalue weighted by atomic mass is 16.5. The summed E-state index contributed by atoms with van der Waals surface area (Å²) in [5.41, 5.74) is 1.33. The first-order valence-corrected chi connectivity index (χ1v) is 6.03. The van der Waals surface area contributed by atoms with Crippen LogP contribution in [0.4, 0.5) is 5.69 Å². The molecular weight excluding hydrogens is 242 g/mol. The Morgan fingerprint density at radius 1 is 1.05 bits per heavy atom. The highest BCUT2D eigenvalue weighted by Crippen LogP contribution is 2.34. The van der Waals surface area contributed by atoms with Crippen LogP contribution in [0.2, 0.25) is 0 Å². The Hall–Kier alpha value is -2.36. The van der Waals surface area contributed by atoms with Crippen molar-refractivity contribution in [1.82, 2.24) is 0 Å². The first-order chi connectivity index (χ1) is 9.11. The summed E-state index contributed by atoms with van der Waals surface area (Å²) >= 11 is 0. The summed E-state index contributed by atoms with van der Waals surface area (Å²) in [5.74, 6) is 0.893. The quantitative estimate of drug-likeness (QED) is 0.788. The van der Waals surface area contributed by atoms with Crippen molar-refractivity contribution in [3.8, 4) is 17.2 Å². The van der Waals surface area contributed by atoms with Crippen molar-refractivity contribution in [3.05, 3.63) is 48.0 Å². The Kier molecular flexibility index (Phi) is 3.80. The van der Waals surface area contributed by atoms with Gasteiger partial charge in [0, 0.05) is 11.8 Å². The largest absolute Gasteiger partial charge is 0.507 e. The van der Waals surface area contributed by atoms with Gasteiger partial charge < -0.3 is 20.3 Å². The van der Waals surface area contributed by atoms with Crippen LogP contribution in [-0.4, -0.2) is 17.3 Å². The molecule has 4 nitrogen and oxygen atoms in total. The maximum Gasteiger partial charge on any atom is 0.124 e. The number of aromatic hydroxyl groups is 2. The molecule has 0 heterocycles. The lowest BCUT2D eigenvalue weighted by Crippen LogP contribution is -2.07. The molecule has 3 N–H and O–H groups in total. The summed E-state index contributed by atoms with van der Waals surface area (Å²) in [6, 6.07) is 12.0. The van der Waals surface area contributed by atoms with E-state index in [0.717, 1.165) is 11.4 Å². The van der Waals surface area contributed by atoms with E-state index in [1.807, 2.05) is 31.2 Å². The molecule has 0 spiro atoms. The molecule has 0 aliphatic heterocycles. The van der Waals surface area contributed by atoms with Crippen molar-refractivity contribution in [2.45, 2.75) is 13.0 Å². The lowest BCUT2D eigenvalue weighted by Gasteiger charge is -2.18. The average molecular weight is 259 g/mol. The van der Waals surface area contributed by atoms with Gasteiger partial charge in [-0.25, -0.2) is 0 Å². The van der Waals surface area contributed by atoms with Gasteiger partial charge >= 0.3 is 0 Å². The van der Waals surface area contributed by atoms with Crippen LogP contribution >= 0.6 is 0 Å². The molecule has 2 rings (SSSR count). The van der Waals surface area contributed by atoms with Crippen LogP contribution in [0, 0.1) is 0 Å². The van der Waals surface area contributed by atoms with Gasteiger partial charge in [0.05, 0.1) is 18.7 Å². The minimum atomic E-state index is -0.228. The number of phenolic OH excluding ortho intramolecular Hbond substituents is 2. The number of benzene rings is 2. The zero-order valence-electron chi connectivity index (χ0n) is 10.9. The van der Waals surface area contributed by atoms with Gasteiger partial charge in [0.25, 0.3) is 0 Å². The molecule has 0 saturated heterocycles. The second kappa shape index (κ2) is 5.52. The van der Waals surface area contributed by atoms with Gasteiger partial charge in [-0.15, -0.1) is 0 Å². The lowest BCUT2D eigenvalue weighted by molar-refractivity contribution is 0.415. The molecule has 0 radical (unpaired) electrons. The Morgan fingerprint density at radius 2 is 1.68 bits per heavy atom. The molecule has 19 heavy (non-hydrogen) atoms. The van der Waals surface area contributed by atoms with Crippen LogP contribution in [0.15, 0.2) is 42.5 Å². The van der Waals surface area contributed by atoms with Gasteiger partial charge in [-0.05, 0) is 31.2 Å². The number of nitrogens with one attached hydrogen (secondary N) is 1. The summed E-state index contributed by atoms with van der Waals surface area (Å²) in [5, 5.41) is 22.8. The van der Waals surface area contributed by atoms with E-state index in [1.54, 1.807) is 25.3 Å². The van der Waals surface area contributed by atoms with Crippen molar-refractivity contribution in [3.63, 3.8) is 0 Å². The number of hydrogen-bond donors (Lipinski definition) is 3. The van der Waals surface area contributed by atoms with Crippen LogP contribution < -0.4 is 10.1 Å². The fourth-order valence-electron chi connectivity index (χ4n) is 2.02. The van der Waals surface area contributed by atoms with E-state index >= 15 is 0 Å². The summed E-state index contributed by atoms with van der Waals surface area (Å²) < 4.78 is 5.15. The number of hydrogen-bond acceptors (Lipinski definition) is 4. The molecule has 0 saturated carbocycles. The van der Waals surface area contributed by atoms with E-state index in [1.165, 1.54) is 0 Å². The predicted molar refractivity (Wildman–Crippen MR) is 74.8 cm³/mol. The number of rotatable bonds is 4. The first-order valence-electron chi connectivity index (χ1n) is 6.03. The van der Waals surface area contributed by atoms with Gasteiger partial charge in [0.1, 0.15) is 17.2 Å². The number of methoxy groups -OCH3 is 1. The number of ether oxygens (including phenoxy) is 1.